The van der Waals surface area contributed by atoms with Crippen molar-refractivity contribution in [1.29, 1.82) is 0 Å². The van der Waals surface area contributed by atoms with Gasteiger partial charge < -0.3 is 5.32 Å². The second-order valence-electron chi connectivity index (χ2n) is 2.62. The van der Waals surface area contributed by atoms with Crippen LogP contribution in [0.5, 0.6) is 0 Å². The number of carbonyl (C=O) groups is 1. The first-order chi connectivity index (χ1) is 6.63. The molecule has 1 aromatic carbocycles. The Bertz CT molecular complexity index is 346. The molecule has 76 valence electrons. The quantitative estimate of drug-likeness (QED) is 0.847. The van der Waals surface area contributed by atoms with Crippen molar-refractivity contribution in [2.24, 2.45) is 0 Å². The predicted molar refractivity (Wildman–Crippen MR) is 58.5 cm³/mol. The zero-order chi connectivity index (χ0) is 10.6. The van der Waals surface area contributed by atoms with Crippen LogP contribution in [-0.4, -0.2) is 11.2 Å². The van der Waals surface area contributed by atoms with Crippen molar-refractivity contribution < 1.29 is 9.18 Å². The molecule has 0 aliphatic carbocycles. The van der Waals surface area contributed by atoms with E-state index in [0.29, 0.717) is 17.4 Å². The fourth-order valence-electron chi connectivity index (χ4n) is 0.883. The van der Waals surface area contributed by atoms with Gasteiger partial charge in [-0.15, -0.1) is 0 Å². The van der Waals surface area contributed by atoms with Gasteiger partial charge in [0.2, 0.25) is 5.91 Å². The summed E-state index contributed by atoms with van der Waals surface area (Å²) in [5.41, 5.74) is 0.415. The van der Waals surface area contributed by atoms with E-state index < -0.39 is 5.82 Å². The number of amides is 1. The van der Waals surface area contributed by atoms with Crippen LogP contribution in [0.1, 0.15) is 6.42 Å². The van der Waals surface area contributed by atoms with E-state index in [1.807, 2.05) is 0 Å². The van der Waals surface area contributed by atoms with Crippen LogP contribution in [0.2, 0.25) is 5.02 Å². The number of nitrogens with one attached hydrogen (secondary N) is 1. The molecule has 0 saturated carbocycles. The monoisotopic (exact) mass is 279 g/mol. The predicted octanol–water partition coefficient (Wildman–Crippen LogP) is 3.20. The molecular weight excluding hydrogens is 272 g/mol. The van der Waals surface area contributed by atoms with E-state index in [9.17, 15) is 9.18 Å². The number of rotatable bonds is 3. The van der Waals surface area contributed by atoms with E-state index in [4.69, 9.17) is 11.6 Å². The average Bonchev–Trinajstić information content (AvgIpc) is 2.12. The van der Waals surface area contributed by atoms with Gasteiger partial charge in [0.1, 0.15) is 5.82 Å². The Hall–Kier alpha value is -0.610. The van der Waals surface area contributed by atoms with Gasteiger partial charge in [0.05, 0.1) is 5.02 Å². The Morgan fingerprint density at radius 2 is 2.29 bits per heavy atom. The Kier molecular flexibility index (Phi) is 4.35. The van der Waals surface area contributed by atoms with E-state index in [0.717, 1.165) is 0 Å². The lowest BCUT2D eigenvalue weighted by atomic mass is 10.3. The molecule has 0 aromatic heterocycles. The molecule has 2 nitrogen and oxygen atoms in total. The third kappa shape index (κ3) is 3.27. The summed E-state index contributed by atoms with van der Waals surface area (Å²) in [6, 6.07) is 4.15. The van der Waals surface area contributed by atoms with Gasteiger partial charge in [-0.1, -0.05) is 27.5 Å². The highest BCUT2D eigenvalue weighted by Crippen LogP contribution is 2.18. The molecule has 1 aromatic rings. The first kappa shape index (κ1) is 11.5. The highest BCUT2D eigenvalue weighted by Gasteiger charge is 2.04. The van der Waals surface area contributed by atoms with Crippen molar-refractivity contribution in [3.05, 3.63) is 29.0 Å². The van der Waals surface area contributed by atoms with Gasteiger partial charge in [0, 0.05) is 17.4 Å². The van der Waals surface area contributed by atoms with Crippen LogP contribution < -0.4 is 5.32 Å². The van der Waals surface area contributed by atoms with Gasteiger partial charge in [-0.3, -0.25) is 4.79 Å². The lowest BCUT2D eigenvalue weighted by Gasteiger charge is -2.04. The van der Waals surface area contributed by atoms with E-state index >= 15 is 0 Å². The number of hydrogen-bond donors (Lipinski definition) is 1. The summed E-state index contributed by atoms with van der Waals surface area (Å²) in [6.07, 6.45) is 0.351. The van der Waals surface area contributed by atoms with Crippen LogP contribution in [0.15, 0.2) is 18.2 Å². The largest absolute Gasteiger partial charge is 0.326 e. The molecule has 0 aliphatic heterocycles. The van der Waals surface area contributed by atoms with Crippen molar-refractivity contribution >= 4 is 39.1 Å². The van der Waals surface area contributed by atoms with Crippen LogP contribution in [0.25, 0.3) is 0 Å². The minimum absolute atomic E-state index is 0.0449. The summed E-state index contributed by atoms with van der Waals surface area (Å²) in [5, 5.41) is 3.17. The highest BCUT2D eigenvalue weighted by molar-refractivity contribution is 9.09. The summed E-state index contributed by atoms with van der Waals surface area (Å²) < 4.78 is 12.9. The Morgan fingerprint density at radius 1 is 1.57 bits per heavy atom. The second kappa shape index (κ2) is 5.32. The van der Waals surface area contributed by atoms with Gasteiger partial charge in [-0.25, -0.2) is 4.39 Å². The molecular formula is C9H8BrClFNO. The number of anilines is 1. The van der Waals surface area contributed by atoms with Crippen LogP contribution in [-0.2, 0) is 4.79 Å². The molecule has 0 heterocycles. The van der Waals surface area contributed by atoms with Gasteiger partial charge in [0.15, 0.2) is 0 Å². The van der Waals surface area contributed by atoms with Crippen molar-refractivity contribution in [1.82, 2.24) is 0 Å². The SMILES string of the molecule is O=C(CCBr)Nc1ccc(Cl)c(F)c1. The smallest absolute Gasteiger partial charge is 0.225 e. The normalized spacial score (nSPS) is 9.93. The fraction of sp³-hybridized carbons (Fsp3) is 0.222. The third-order valence-corrected chi connectivity index (χ3v) is 2.23. The van der Waals surface area contributed by atoms with E-state index in [-0.39, 0.29) is 10.9 Å². The molecule has 1 amide bonds. The number of hydrogen-bond acceptors (Lipinski definition) is 1. The average molecular weight is 281 g/mol. The Morgan fingerprint density at radius 3 is 2.86 bits per heavy atom. The molecule has 0 aliphatic rings. The maximum absolute atomic E-state index is 12.9. The summed E-state index contributed by atoms with van der Waals surface area (Å²) in [5.74, 6) is -0.702. The van der Waals surface area contributed by atoms with E-state index in [1.165, 1.54) is 12.1 Å². The molecule has 14 heavy (non-hydrogen) atoms. The number of halogens is 3. The molecule has 0 bridgehead atoms. The van der Waals surface area contributed by atoms with E-state index in [2.05, 4.69) is 21.2 Å². The summed E-state index contributed by atoms with van der Waals surface area (Å²) in [6.45, 7) is 0. The standard InChI is InChI=1S/C9H8BrClFNO/c10-4-3-9(14)13-6-1-2-7(11)8(12)5-6/h1-2,5H,3-4H2,(H,13,14). The van der Waals surface area contributed by atoms with Gasteiger partial charge in [-0.05, 0) is 18.2 Å². The fourth-order valence-corrected chi connectivity index (χ4v) is 1.36. The maximum atomic E-state index is 12.9. The first-order valence-electron chi connectivity index (χ1n) is 3.94. The molecule has 0 spiro atoms. The van der Waals surface area contributed by atoms with Crippen LogP contribution in [0.3, 0.4) is 0 Å². The number of alkyl halides is 1. The van der Waals surface area contributed by atoms with Gasteiger partial charge >= 0.3 is 0 Å². The van der Waals surface area contributed by atoms with Crippen LogP contribution >= 0.6 is 27.5 Å². The minimum atomic E-state index is -0.539. The maximum Gasteiger partial charge on any atom is 0.225 e. The third-order valence-electron chi connectivity index (χ3n) is 1.52. The first-order valence-corrected chi connectivity index (χ1v) is 5.44. The molecule has 0 radical (unpaired) electrons. The topological polar surface area (TPSA) is 29.1 Å². The molecule has 1 N–H and O–H groups in total. The second-order valence-corrected chi connectivity index (χ2v) is 3.82. The van der Waals surface area contributed by atoms with E-state index in [1.54, 1.807) is 6.07 Å². The molecule has 0 atom stereocenters. The van der Waals surface area contributed by atoms with Crippen LogP contribution in [0, 0.1) is 5.82 Å². The molecule has 0 fully saturated rings. The molecule has 5 heteroatoms. The van der Waals surface area contributed by atoms with Gasteiger partial charge in [-0.2, -0.15) is 0 Å². The lowest BCUT2D eigenvalue weighted by Crippen LogP contribution is -2.11. The van der Waals surface area contributed by atoms with Gasteiger partial charge in [0.25, 0.3) is 0 Å². The number of benzene rings is 1. The van der Waals surface area contributed by atoms with Crippen molar-refractivity contribution in [2.45, 2.75) is 6.42 Å². The zero-order valence-corrected chi connectivity index (χ0v) is 9.53. The Labute approximate surface area is 94.6 Å². The summed E-state index contributed by atoms with van der Waals surface area (Å²) in [7, 11) is 0. The summed E-state index contributed by atoms with van der Waals surface area (Å²) >= 11 is 8.62. The van der Waals surface area contributed by atoms with Crippen molar-refractivity contribution in [3.8, 4) is 0 Å². The van der Waals surface area contributed by atoms with Crippen LogP contribution in [0.4, 0.5) is 10.1 Å². The lowest BCUT2D eigenvalue weighted by molar-refractivity contribution is -0.115. The molecule has 0 unspecified atom stereocenters. The molecule has 0 saturated heterocycles. The highest BCUT2D eigenvalue weighted by atomic mass is 79.9. The minimum Gasteiger partial charge on any atom is -0.326 e. The summed E-state index contributed by atoms with van der Waals surface area (Å²) in [4.78, 5) is 11.1. The molecule has 1 rings (SSSR count). The van der Waals surface area contributed by atoms with Crippen molar-refractivity contribution in [2.75, 3.05) is 10.6 Å². The zero-order valence-electron chi connectivity index (χ0n) is 7.19. The van der Waals surface area contributed by atoms with Crippen molar-refractivity contribution in [3.63, 3.8) is 0 Å². The number of carbonyl (C=O) groups excluding carboxylic acids is 1. The Balaban J connectivity index is 2.68.